The van der Waals surface area contributed by atoms with E-state index in [1.54, 1.807) is 18.1 Å². The number of amides is 1. The maximum absolute atomic E-state index is 13.0. The predicted molar refractivity (Wildman–Crippen MR) is 98.4 cm³/mol. The molecule has 0 saturated carbocycles. The molecule has 0 saturated heterocycles. The smallest absolute Gasteiger partial charge is 0.360 e. The molecule has 7 heteroatoms. The zero-order chi connectivity index (χ0) is 19.2. The largest absolute Gasteiger partial charge is 0.464 e. The molecule has 7 nitrogen and oxygen atoms in total. The molecule has 0 radical (unpaired) electrons. The number of carbonyl (C=O) groups is 2. The van der Waals surface area contributed by atoms with Crippen LogP contribution >= 0.6 is 0 Å². The number of esters is 1. The molecule has 0 unspecified atom stereocenters. The van der Waals surface area contributed by atoms with E-state index in [9.17, 15) is 9.59 Å². The minimum absolute atomic E-state index is 0.0670. The highest BCUT2D eigenvalue weighted by Crippen LogP contribution is 2.18. The number of hydrogen-bond acceptors (Lipinski definition) is 6. The van der Waals surface area contributed by atoms with Gasteiger partial charge >= 0.3 is 5.97 Å². The van der Waals surface area contributed by atoms with E-state index in [4.69, 9.17) is 9.15 Å². The molecule has 1 aromatic heterocycles. The number of oxazole rings is 1. The SMILES string of the molecule is COCCN(Cc1nc(C(=O)OC)co1)C(=O)c1ccc2ccccc2c1. The highest BCUT2D eigenvalue weighted by molar-refractivity contribution is 5.98. The van der Waals surface area contributed by atoms with Gasteiger partial charge in [-0.1, -0.05) is 30.3 Å². The molecule has 27 heavy (non-hydrogen) atoms. The molecule has 140 valence electrons. The Morgan fingerprint density at radius 1 is 1.11 bits per heavy atom. The number of methoxy groups -OCH3 is 2. The van der Waals surface area contributed by atoms with E-state index in [0.717, 1.165) is 10.8 Å². The topological polar surface area (TPSA) is 81.9 Å². The number of fused-ring (bicyclic) bond motifs is 1. The summed E-state index contributed by atoms with van der Waals surface area (Å²) in [6.45, 7) is 0.841. The molecule has 0 aliphatic heterocycles. The number of aromatic nitrogens is 1. The maximum Gasteiger partial charge on any atom is 0.360 e. The number of ether oxygens (including phenoxy) is 2. The van der Waals surface area contributed by atoms with E-state index in [-0.39, 0.29) is 24.0 Å². The third kappa shape index (κ3) is 4.32. The average molecular weight is 368 g/mol. The molecule has 1 heterocycles. The van der Waals surface area contributed by atoms with Crippen molar-refractivity contribution in [1.82, 2.24) is 9.88 Å². The van der Waals surface area contributed by atoms with Gasteiger partial charge in [-0.3, -0.25) is 4.79 Å². The number of nitrogens with zero attached hydrogens (tertiary/aromatic N) is 2. The summed E-state index contributed by atoms with van der Waals surface area (Å²) in [5.74, 6) is -0.509. The first kappa shape index (κ1) is 18.6. The monoisotopic (exact) mass is 368 g/mol. The zero-order valence-corrected chi connectivity index (χ0v) is 15.2. The fourth-order valence-corrected chi connectivity index (χ4v) is 2.70. The van der Waals surface area contributed by atoms with Crippen LogP contribution in [0.25, 0.3) is 10.8 Å². The Bertz CT molecular complexity index is 950. The molecule has 3 aromatic rings. The van der Waals surface area contributed by atoms with Crippen molar-refractivity contribution in [3.05, 3.63) is 65.9 Å². The Balaban J connectivity index is 1.83. The van der Waals surface area contributed by atoms with Crippen LogP contribution in [0, 0.1) is 0 Å². The number of benzene rings is 2. The summed E-state index contributed by atoms with van der Waals surface area (Å²) in [6.07, 6.45) is 1.22. The molecule has 0 N–H and O–H groups in total. The van der Waals surface area contributed by atoms with Crippen LogP contribution in [0.15, 0.2) is 53.1 Å². The van der Waals surface area contributed by atoms with Crippen molar-refractivity contribution in [2.24, 2.45) is 0 Å². The Hall–Kier alpha value is -3.19. The van der Waals surface area contributed by atoms with Crippen molar-refractivity contribution < 1.29 is 23.5 Å². The summed E-state index contributed by atoms with van der Waals surface area (Å²) in [5.41, 5.74) is 0.627. The Morgan fingerprint density at radius 2 is 1.89 bits per heavy atom. The van der Waals surface area contributed by atoms with Crippen LogP contribution in [0.4, 0.5) is 0 Å². The van der Waals surface area contributed by atoms with Crippen molar-refractivity contribution in [3.63, 3.8) is 0 Å². The lowest BCUT2D eigenvalue weighted by molar-refractivity contribution is 0.0594. The first-order valence-electron chi connectivity index (χ1n) is 8.42. The quantitative estimate of drug-likeness (QED) is 0.597. The molecule has 0 aliphatic rings. The van der Waals surface area contributed by atoms with Gasteiger partial charge in [-0.05, 0) is 22.9 Å². The van der Waals surface area contributed by atoms with Gasteiger partial charge in [0, 0.05) is 19.2 Å². The van der Waals surface area contributed by atoms with Crippen LogP contribution in [-0.2, 0) is 16.0 Å². The van der Waals surface area contributed by atoms with Gasteiger partial charge in [0.15, 0.2) is 5.69 Å². The van der Waals surface area contributed by atoms with E-state index >= 15 is 0 Å². The second kappa shape index (κ2) is 8.46. The van der Waals surface area contributed by atoms with Gasteiger partial charge in [0.05, 0.1) is 20.3 Å². The highest BCUT2D eigenvalue weighted by atomic mass is 16.5. The Labute approximate surface area is 156 Å². The third-order valence-electron chi connectivity index (χ3n) is 4.12. The summed E-state index contributed by atoms with van der Waals surface area (Å²) in [4.78, 5) is 30.2. The normalized spacial score (nSPS) is 10.7. The second-order valence-electron chi connectivity index (χ2n) is 5.90. The molecular formula is C20H20N2O5. The average Bonchev–Trinajstić information content (AvgIpc) is 3.18. The van der Waals surface area contributed by atoms with Crippen molar-refractivity contribution in [2.75, 3.05) is 27.4 Å². The van der Waals surface area contributed by atoms with E-state index in [1.165, 1.54) is 13.4 Å². The molecule has 1 amide bonds. The molecular weight excluding hydrogens is 348 g/mol. The number of carbonyl (C=O) groups excluding carboxylic acids is 2. The van der Waals surface area contributed by atoms with Crippen molar-refractivity contribution in [1.29, 1.82) is 0 Å². The molecule has 0 atom stereocenters. The lowest BCUT2D eigenvalue weighted by Crippen LogP contribution is -2.33. The zero-order valence-electron chi connectivity index (χ0n) is 15.2. The van der Waals surface area contributed by atoms with E-state index < -0.39 is 5.97 Å². The van der Waals surface area contributed by atoms with Gasteiger partial charge in [0.2, 0.25) is 5.89 Å². The molecule has 0 fully saturated rings. The van der Waals surface area contributed by atoms with Crippen molar-refractivity contribution in [3.8, 4) is 0 Å². The van der Waals surface area contributed by atoms with Gasteiger partial charge in [0.1, 0.15) is 6.26 Å². The summed E-state index contributed by atoms with van der Waals surface area (Å²) in [6, 6.07) is 13.4. The van der Waals surface area contributed by atoms with E-state index in [1.807, 2.05) is 36.4 Å². The molecule has 2 aromatic carbocycles. The van der Waals surface area contributed by atoms with Gasteiger partial charge in [-0.15, -0.1) is 0 Å². The fraction of sp³-hybridized carbons (Fsp3) is 0.250. The summed E-state index contributed by atoms with van der Waals surface area (Å²) < 4.78 is 15.0. The second-order valence-corrected chi connectivity index (χ2v) is 5.90. The van der Waals surface area contributed by atoms with E-state index in [2.05, 4.69) is 9.72 Å². The summed E-state index contributed by atoms with van der Waals surface area (Å²) in [7, 11) is 2.84. The fourth-order valence-electron chi connectivity index (χ4n) is 2.70. The molecule has 0 spiro atoms. The van der Waals surface area contributed by atoms with Gasteiger partial charge in [0.25, 0.3) is 5.91 Å². The molecule has 0 bridgehead atoms. The van der Waals surface area contributed by atoms with Crippen LogP contribution in [-0.4, -0.2) is 49.1 Å². The number of hydrogen-bond donors (Lipinski definition) is 0. The predicted octanol–water partition coefficient (Wildman–Crippen LogP) is 2.90. The lowest BCUT2D eigenvalue weighted by Gasteiger charge is -2.21. The first-order valence-corrected chi connectivity index (χ1v) is 8.42. The Kier molecular flexibility index (Phi) is 5.83. The minimum atomic E-state index is -0.589. The summed E-state index contributed by atoms with van der Waals surface area (Å²) >= 11 is 0. The van der Waals surface area contributed by atoms with Crippen LogP contribution in [0.5, 0.6) is 0 Å². The van der Waals surface area contributed by atoms with Gasteiger partial charge in [-0.2, -0.15) is 0 Å². The Morgan fingerprint density at radius 3 is 2.63 bits per heavy atom. The standard InChI is InChI=1S/C20H20N2O5/c1-25-10-9-22(12-18-21-17(13-27-18)20(24)26-2)19(23)16-8-7-14-5-3-4-6-15(14)11-16/h3-8,11,13H,9-10,12H2,1-2H3. The lowest BCUT2D eigenvalue weighted by atomic mass is 10.1. The number of rotatable bonds is 7. The van der Waals surface area contributed by atoms with Crippen LogP contribution in [0.2, 0.25) is 0 Å². The van der Waals surface area contributed by atoms with Gasteiger partial charge in [-0.25, -0.2) is 9.78 Å². The molecule has 0 aliphatic carbocycles. The maximum atomic E-state index is 13.0. The van der Waals surface area contributed by atoms with Crippen LogP contribution in [0.1, 0.15) is 26.7 Å². The third-order valence-corrected chi connectivity index (χ3v) is 4.12. The highest BCUT2D eigenvalue weighted by Gasteiger charge is 2.20. The first-order chi connectivity index (χ1) is 13.1. The van der Waals surface area contributed by atoms with Crippen molar-refractivity contribution >= 4 is 22.6 Å². The van der Waals surface area contributed by atoms with Gasteiger partial charge < -0.3 is 18.8 Å². The van der Waals surface area contributed by atoms with Crippen LogP contribution in [0.3, 0.4) is 0 Å². The van der Waals surface area contributed by atoms with Crippen molar-refractivity contribution in [2.45, 2.75) is 6.54 Å². The minimum Gasteiger partial charge on any atom is -0.464 e. The molecule has 3 rings (SSSR count). The van der Waals surface area contributed by atoms with E-state index in [0.29, 0.717) is 18.7 Å². The summed E-state index contributed by atoms with van der Waals surface area (Å²) in [5, 5.41) is 2.05. The van der Waals surface area contributed by atoms with Crippen LogP contribution < -0.4 is 0 Å².